The van der Waals surface area contributed by atoms with E-state index in [1.54, 1.807) is 46.1 Å². The number of nitrogens with one attached hydrogen (secondary N) is 3. The number of alkyl carbamates (subject to hydrolysis) is 2. The Morgan fingerprint density at radius 3 is 2.37 bits per heavy atom. The molecule has 1 aromatic heterocycles. The first-order valence-corrected chi connectivity index (χ1v) is 21.0. The van der Waals surface area contributed by atoms with Crippen molar-refractivity contribution in [1.29, 1.82) is 0 Å². The third-order valence-electron chi connectivity index (χ3n) is 11.0. The molecule has 1 unspecified atom stereocenters. The Kier molecular flexibility index (Phi) is 14.9. The smallest absolute Gasteiger partial charge is 0.408 e. The lowest BCUT2D eigenvalue weighted by molar-refractivity contribution is -0.148. The van der Waals surface area contributed by atoms with E-state index in [1.807, 2.05) is 66.7 Å². The fourth-order valence-corrected chi connectivity index (χ4v) is 7.78. The SMILES string of the molecule is COC(=O)[C@@]1(NC(=O)[C@@H]2C[C@@H](Oc3cc(-c4ccccc4)nc4cc(OC)ccc34)CN2C(=O)[C@H](CCNC(=O)OCc2ccccc2)NC(=O)OC(C)(C)C)CC1CCCC=O. The second kappa shape index (κ2) is 20.4. The summed E-state index contributed by atoms with van der Waals surface area (Å²) in [4.78, 5) is 85.7. The molecule has 16 heteroatoms. The molecule has 5 atom stereocenters. The molecule has 2 heterocycles. The van der Waals surface area contributed by atoms with Crippen molar-refractivity contribution in [3.8, 4) is 22.8 Å². The molecule has 2 aliphatic rings. The fourth-order valence-electron chi connectivity index (χ4n) is 7.78. The predicted octanol–water partition coefficient (Wildman–Crippen LogP) is 5.89. The van der Waals surface area contributed by atoms with Crippen LogP contribution >= 0.6 is 0 Å². The number of aldehydes is 1. The van der Waals surface area contributed by atoms with Crippen LogP contribution in [0.1, 0.15) is 64.9 Å². The zero-order valence-corrected chi connectivity index (χ0v) is 36.2. The number of amides is 4. The molecule has 1 aliphatic carbocycles. The van der Waals surface area contributed by atoms with Crippen molar-refractivity contribution in [3.05, 3.63) is 90.5 Å². The van der Waals surface area contributed by atoms with Crippen LogP contribution in [0.5, 0.6) is 11.5 Å². The van der Waals surface area contributed by atoms with Crippen LogP contribution in [-0.2, 0) is 40.0 Å². The minimum Gasteiger partial charge on any atom is -0.497 e. The number of aromatic nitrogens is 1. The molecule has 16 nitrogen and oxygen atoms in total. The molecule has 6 rings (SSSR count). The summed E-state index contributed by atoms with van der Waals surface area (Å²) in [7, 11) is 2.80. The van der Waals surface area contributed by atoms with Gasteiger partial charge in [0.05, 0.1) is 32.0 Å². The summed E-state index contributed by atoms with van der Waals surface area (Å²) in [6, 6.07) is 23.4. The number of carbonyl (C=O) groups is 6. The predicted molar refractivity (Wildman–Crippen MR) is 232 cm³/mol. The van der Waals surface area contributed by atoms with Gasteiger partial charge in [-0.25, -0.2) is 19.4 Å². The molecule has 63 heavy (non-hydrogen) atoms. The molecule has 0 radical (unpaired) electrons. The third kappa shape index (κ3) is 11.8. The Morgan fingerprint density at radius 1 is 0.952 bits per heavy atom. The number of nitrogens with zero attached hydrogens (tertiary/aromatic N) is 2. The number of hydrogen-bond acceptors (Lipinski definition) is 12. The van der Waals surface area contributed by atoms with Gasteiger partial charge in [-0.05, 0) is 70.1 Å². The third-order valence-corrected chi connectivity index (χ3v) is 11.0. The van der Waals surface area contributed by atoms with E-state index in [-0.39, 0.29) is 38.5 Å². The van der Waals surface area contributed by atoms with Crippen LogP contribution in [0.15, 0.2) is 84.9 Å². The number of carbonyl (C=O) groups excluding carboxylic acids is 6. The lowest BCUT2D eigenvalue weighted by Crippen LogP contribution is -2.57. The first kappa shape index (κ1) is 45.8. The molecule has 1 saturated carbocycles. The first-order chi connectivity index (χ1) is 30.2. The van der Waals surface area contributed by atoms with E-state index in [0.717, 1.165) is 17.4 Å². The summed E-state index contributed by atoms with van der Waals surface area (Å²) in [6.07, 6.45) is -0.0286. The molecular weight excluding hydrogens is 811 g/mol. The summed E-state index contributed by atoms with van der Waals surface area (Å²) in [5.74, 6) is -1.14. The van der Waals surface area contributed by atoms with Crippen molar-refractivity contribution in [2.24, 2.45) is 5.92 Å². The quantitative estimate of drug-likeness (QED) is 0.0465. The molecule has 1 saturated heterocycles. The fraction of sp³-hybridized carbons (Fsp3) is 0.426. The number of ether oxygens (including phenoxy) is 5. The average molecular weight is 866 g/mol. The monoisotopic (exact) mass is 865 g/mol. The van der Waals surface area contributed by atoms with Crippen molar-refractivity contribution < 1.29 is 52.5 Å². The molecule has 2 fully saturated rings. The van der Waals surface area contributed by atoms with Crippen LogP contribution in [0.25, 0.3) is 22.2 Å². The van der Waals surface area contributed by atoms with Crippen molar-refractivity contribution >= 4 is 47.2 Å². The van der Waals surface area contributed by atoms with Gasteiger partial charge in [0.2, 0.25) is 11.8 Å². The topological polar surface area (TPSA) is 201 Å². The van der Waals surface area contributed by atoms with Crippen molar-refractivity contribution in [1.82, 2.24) is 25.8 Å². The average Bonchev–Trinajstić information content (AvgIpc) is 3.80. The van der Waals surface area contributed by atoms with Crippen LogP contribution in [0, 0.1) is 5.92 Å². The highest BCUT2D eigenvalue weighted by Crippen LogP contribution is 2.48. The van der Waals surface area contributed by atoms with Crippen LogP contribution < -0.4 is 25.4 Å². The molecule has 3 aromatic carbocycles. The van der Waals surface area contributed by atoms with Crippen LogP contribution in [0.3, 0.4) is 0 Å². The van der Waals surface area contributed by atoms with Gasteiger partial charge < -0.3 is 49.3 Å². The van der Waals surface area contributed by atoms with Gasteiger partial charge in [0.15, 0.2) is 0 Å². The molecule has 1 aliphatic heterocycles. The molecule has 4 amide bonds. The number of rotatable bonds is 18. The number of likely N-dealkylation sites (tertiary alicyclic amines) is 1. The molecule has 3 N–H and O–H groups in total. The number of benzene rings is 3. The number of unbranched alkanes of at least 4 members (excludes halogenated alkanes) is 1. The molecule has 4 aromatic rings. The van der Waals surface area contributed by atoms with E-state index < -0.39 is 59.3 Å². The van der Waals surface area contributed by atoms with E-state index in [2.05, 4.69) is 16.0 Å². The normalized spacial score (nSPS) is 19.6. The van der Waals surface area contributed by atoms with E-state index >= 15 is 0 Å². The number of esters is 1. The molecule has 334 valence electrons. The van der Waals surface area contributed by atoms with Gasteiger partial charge in [-0.2, -0.15) is 0 Å². The minimum atomic E-state index is -1.34. The van der Waals surface area contributed by atoms with Gasteiger partial charge in [-0.3, -0.25) is 9.59 Å². The zero-order valence-electron chi connectivity index (χ0n) is 36.2. The van der Waals surface area contributed by atoms with Crippen LogP contribution in [0.4, 0.5) is 9.59 Å². The highest BCUT2D eigenvalue weighted by Gasteiger charge is 2.62. The van der Waals surface area contributed by atoms with E-state index in [1.165, 1.54) is 12.0 Å². The summed E-state index contributed by atoms with van der Waals surface area (Å²) < 4.78 is 28.2. The first-order valence-electron chi connectivity index (χ1n) is 21.0. The zero-order chi connectivity index (χ0) is 45.1. The summed E-state index contributed by atoms with van der Waals surface area (Å²) in [5.41, 5.74) is 0.587. The van der Waals surface area contributed by atoms with Crippen molar-refractivity contribution in [2.75, 3.05) is 27.3 Å². The van der Waals surface area contributed by atoms with Gasteiger partial charge in [0, 0.05) is 42.5 Å². The molecule has 0 spiro atoms. The maximum atomic E-state index is 14.8. The summed E-state index contributed by atoms with van der Waals surface area (Å²) in [5, 5.41) is 8.87. The standard InChI is InChI=1S/C47H55N5O11/c1-46(2,3)63-45(58)50-36(21-22-48-44(57)61-29-30-14-8-6-9-15-30)42(55)52-28-34(25-39(52)41(54)51-47(43(56)60-5)27-32(47)18-12-13-23-53)62-40-26-37(31-16-10-7-11-17-31)49-38-24-33(59-4)19-20-35(38)40/h6-11,14-17,19-20,23-24,26,32,34,36,39H,12-13,18,21-22,25,27-29H2,1-5H3,(H,48,57)(H,50,58)(H,51,54)/t32?,34-,36+,39+,47-/m1/s1. The van der Waals surface area contributed by atoms with Crippen molar-refractivity contribution in [3.63, 3.8) is 0 Å². The lowest BCUT2D eigenvalue weighted by Gasteiger charge is -2.30. The van der Waals surface area contributed by atoms with Crippen LogP contribution in [-0.4, -0.2) is 103 Å². The number of methoxy groups -OCH3 is 2. The number of pyridine rings is 1. The molecule has 0 bridgehead atoms. The Morgan fingerprint density at radius 2 is 1.68 bits per heavy atom. The Bertz CT molecular complexity index is 2270. The second-order valence-electron chi connectivity index (χ2n) is 16.7. The highest BCUT2D eigenvalue weighted by molar-refractivity contribution is 5.96. The maximum absolute atomic E-state index is 14.8. The Hall–Kier alpha value is -6.71. The maximum Gasteiger partial charge on any atom is 0.408 e. The largest absolute Gasteiger partial charge is 0.497 e. The van der Waals surface area contributed by atoms with E-state index in [4.69, 9.17) is 28.7 Å². The highest BCUT2D eigenvalue weighted by atomic mass is 16.6. The Labute approximate surface area is 366 Å². The number of fused-ring (bicyclic) bond motifs is 1. The van der Waals surface area contributed by atoms with Gasteiger partial charge in [0.25, 0.3) is 0 Å². The molecular formula is C47H55N5O11. The Balaban J connectivity index is 1.29. The van der Waals surface area contributed by atoms with Crippen molar-refractivity contribution in [2.45, 2.75) is 95.2 Å². The summed E-state index contributed by atoms with van der Waals surface area (Å²) in [6.45, 7) is 4.88. The summed E-state index contributed by atoms with van der Waals surface area (Å²) >= 11 is 0. The van der Waals surface area contributed by atoms with Gasteiger partial charge in [-0.1, -0.05) is 60.7 Å². The van der Waals surface area contributed by atoms with E-state index in [9.17, 15) is 28.8 Å². The van der Waals surface area contributed by atoms with Gasteiger partial charge >= 0.3 is 18.2 Å². The lowest BCUT2D eigenvalue weighted by atomic mass is 10.1. The van der Waals surface area contributed by atoms with Gasteiger partial charge in [-0.15, -0.1) is 0 Å². The van der Waals surface area contributed by atoms with Crippen LogP contribution in [0.2, 0.25) is 0 Å². The number of hydrogen-bond donors (Lipinski definition) is 3. The second-order valence-corrected chi connectivity index (χ2v) is 16.7. The van der Waals surface area contributed by atoms with Gasteiger partial charge in [0.1, 0.15) is 53.7 Å². The van der Waals surface area contributed by atoms with E-state index in [0.29, 0.717) is 53.8 Å². The minimum absolute atomic E-state index is 0.00843.